The number of nitrogens with zero attached hydrogens (tertiary/aromatic N) is 3. The largest absolute Gasteiger partial charge is 0.462 e. The fraction of sp³-hybridized carbons (Fsp3) is 0.722. The van der Waals surface area contributed by atoms with E-state index in [0.717, 1.165) is 19.8 Å². The number of anilines is 3. The molecule has 2 heterocycles. The summed E-state index contributed by atoms with van der Waals surface area (Å²) in [4.78, 5) is 20.6. The average molecular weight is 367 g/mol. The van der Waals surface area contributed by atoms with E-state index in [1.807, 2.05) is 20.8 Å². The second-order valence-corrected chi connectivity index (χ2v) is 8.36. The van der Waals surface area contributed by atoms with Gasteiger partial charge in [0, 0.05) is 5.54 Å². The maximum atomic E-state index is 9.60. The quantitative estimate of drug-likeness (QED) is 0.683. The molecular weight excluding hydrogens is 332 g/mol. The Labute approximate surface area is 156 Å². The Bertz CT molecular complexity index is 560. The molecule has 0 aromatic carbocycles. The Morgan fingerprint density at radius 2 is 1.85 bits per heavy atom. The molecule has 1 aliphatic heterocycles. The first-order valence-electron chi connectivity index (χ1n) is 8.98. The Balaban J connectivity index is 0.000000412. The highest BCUT2D eigenvalue weighted by Crippen LogP contribution is 2.18. The molecule has 0 amide bonds. The lowest BCUT2D eigenvalue weighted by Gasteiger charge is -2.21. The molecule has 8 heteroatoms. The van der Waals surface area contributed by atoms with Gasteiger partial charge in [-0.3, -0.25) is 9.69 Å². The minimum absolute atomic E-state index is 0.0671. The van der Waals surface area contributed by atoms with Crippen molar-refractivity contribution in [2.24, 2.45) is 0 Å². The van der Waals surface area contributed by atoms with Gasteiger partial charge in [0.15, 0.2) is 5.82 Å². The molecule has 0 atom stereocenters. The van der Waals surface area contributed by atoms with Crippen LogP contribution in [0.25, 0.3) is 0 Å². The molecule has 148 valence electrons. The number of hydrogen-bond acceptors (Lipinski definition) is 8. The third kappa shape index (κ3) is 9.41. The molecule has 8 nitrogen and oxygen atoms in total. The maximum Gasteiger partial charge on any atom is 0.293 e. The van der Waals surface area contributed by atoms with Crippen molar-refractivity contribution in [3.8, 4) is 0 Å². The van der Waals surface area contributed by atoms with Gasteiger partial charge in [0.2, 0.25) is 5.95 Å². The van der Waals surface area contributed by atoms with Crippen molar-refractivity contribution in [3.63, 3.8) is 0 Å². The van der Waals surface area contributed by atoms with Crippen LogP contribution in [0.15, 0.2) is 6.20 Å². The van der Waals surface area contributed by atoms with Crippen LogP contribution in [0.2, 0.25) is 0 Å². The van der Waals surface area contributed by atoms with Crippen LogP contribution in [0.5, 0.6) is 0 Å². The number of carbonyl (C=O) groups excluding carboxylic acids is 1. The molecule has 4 N–H and O–H groups in total. The monoisotopic (exact) mass is 366 g/mol. The van der Waals surface area contributed by atoms with Crippen LogP contribution in [-0.2, 0) is 9.53 Å². The first kappa shape index (κ1) is 22.0. The summed E-state index contributed by atoms with van der Waals surface area (Å²) >= 11 is 0. The van der Waals surface area contributed by atoms with Gasteiger partial charge in [0.05, 0.1) is 18.6 Å². The van der Waals surface area contributed by atoms with Gasteiger partial charge in [-0.25, -0.2) is 4.98 Å². The first-order valence-corrected chi connectivity index (χ1v) is 8.98. The molecule has 1 aromatic heterocycles. The van der Waals surface area contributed by atoms with Crippen molar-refractivity contribution in [3.05, 3.63) is 6.20 Å². The smallest absolute Gasteiger partial charge is 0.293 e. The number of carbonyl (C=O) groups is 1. The highest BCUT2D eigenvalue weighted by molar-refractivity contribution is 5.61. The van der Waals surface area contributed by atoms with E-state index >= 15 is 0 Å². The van der Waals surface area contributed by atoms with E-state index in [1.54, 1.807) is 6.20 Å². The van der Waals surface area contributed by atoms with E-state index < -0.39 is 0 Å². The van der Waals surface area contributed by atoms with Gasteiger partial charge >= 0.3 is 0 Å². The second-order valence-electron chi connectivity index (χ2n) is 8.36. The number of nitrogen functional groups attached to an aromatic ring is 1. The Morgan fingerprint density at radius 3 is 2.31 bits per heavy atom. The van der Waals surface area contributed by atoms with Crippen molar-refractivity contribution in [1.29, 1.82) is 0 Å². The number of aromatic nitrogens is 2. The van der Waals surface area contributed by atoms with Crippen LogP contribution in [-0.4, -0.2) is 52.2 Å². The molecule has 2 rings (SSSR count). The van der Waals surface area contributed by atoms with E-state index in [0.29, 0.717) is 23.9 Å². The zero-order valence-corrected chi connectivity index (χ0v) is 16.9. The molecular formula is C18H34N6O2. The van der Waals surface area contributed by atoms with Crippen LogP contribution < -0.4 is 16.4 Å². The summed E-state index contributed by atoms with van der Waals surface area (Å²) in [5.74, 6) is 1.30. The third-order valence-corrected chi connectivity index (χ3v) is 3.37. The van der Waals surface area contributed by atoms with Gasteiger partial charge < -0.3 is 21.1 Å². The Morgan fingerprint density at radius 1 is 1.23 bits per heavy atom. The standard InChI is InChI=1S/C13H24N6.C5H10O2/c1-13(2,3)18-12-15-8-10(14)11(17-12)16-9-19-6-4-5-7-19;1-5(2,3)7-4-6/h8H,4-7,9,14H2,1-3H3,(H2,15,16,17,18);4H,1-3H3. The number of hydrogen-bond donors (Lipinski definition) is 3. The summed E-state index contributed by atoms with van der Waals surface area (Å²) in [6.07, 6.45) is 4.20. The predicted molar refractivity (Wildman–Crippen MR) is 106 cm³/mol. The highest BCUT2D eigenvalue weighted by Gasteiger charge is 2.14. The fourth-order valence-corrected chi connectivity index (χ4v) is 2.20. The summed E-state index contributed by atoms with van der Waals surface area (Å²) in [6, 6.07) is 0. The summed E-state index contributed by atoms with van der Waals surface area (Å²) in [7, 11) is 0. The lowest BCUT2D eigenvalue weighted by atomic mass is 10.1. The lowest BCUT2D eigenvalue weighted by Crippen LogP contribution is -2.29. The molecule has 0 bridgehead atoms. The van der Waals surface area contributed by atoms with Crippen LogP contribution in [0.3, 0.4) is 0 Å². The molecule has 0 unspecified atom stereocenters. The zero-order chi connectivity index (χ0) is 19.8. The second kappa shape index (κ2) is 9.56. The predicted octanol–water partition coefficient (Wildman–Crippen LogP) is 2.69. The summed E-state index contributed by atoms with van der Waals surface area (Å²) in [5.41, 5.74) is 6.10. The molecule has 0 aliphatic carbocycles. The van der Waals surface area contributed by atoms with Gasteiger partial charge in [-0.2, -0.15) is 4.98 Å². The van der Waals surface area contributed by atoms with Gasteiger partial charge in [0.1, 0.15) is 5.60 Å². The Kier molecular flexibility index (Phi) is 8.08. The van der Waals surface area contributed by atoms with E-state index in [9.17, 15) is 4.79 Å². The average Bonchev–Trinajstić information content (AvgIpc) is 2.99. The molecule has 1 aliphatic rings. The highest BCUT2D eigenvalue weighted by atomic mass is 16.5. The maximum absolute atomic E-state index is 9.60. The fourth-order valence-electron chi connectivity index (χ4n) is 2.20. The summed E-state index contributed by atoms with van der Waals surface area (Å²) in [6.45, 7) is 15.2. The van der Waals surface area contributed by atoms with Crippen molar-refractivity contribution < 1.29 is 9.53 Å². The molecule has 0 spiro atoms. The minimum atomic E-state index is -0.318. The van der Waals surface area contributed by atoms with Crippen molar-refractivity contribution in [2.45, 2.75) is 65.5 Å². The number of ether oxygens (including phenoxy) is 1. The molecule has 1 saturated heterocycles. The number of nitrogens with one attached hydrogen (secondary N) is 2. The summed E-state index contributed by atoms with van der Waals surface area (Å²) < 4.78 is 4.55. The molecule has 1 fully saturated rings. The van der Waals surface area contributed by atoms with Gasteiger partial charge in [-0.1, -0.05) is 0 Å². The van der Waals surface area contributed by atoms with Crippen LogP contribution in [0.1, 0.15) is 54.4 Å². The number of likely N-dealkylation sites (tertiary alicyclic amines) is 1. The van der Waals surface area contributed by atoms with Crippen LogP contribution >= 0.6 is 0 Å². The Hall–Kier alpha value is -2.09. The lowest BCUT2D eigenvalue weighted by molar-refractivity contribution is -0.138. The molecule has 26 heavy (non-hydrogen) atoms. The zero-order valence-electron chi connectivity index (χ0n) is 16.9. The van der Waals surface area contributed by atoms with Crippen LogP contribution in [0, 0.1) is 0 Å². The topological polar surface area (TPSA) is 105 Å². The summed E-state index contributed by atoms with van der Waals surface area (Å²) in [5, 5.41) is 6.54. The van der Waals surface area contributed by atoms with Gasteiger partial charge in [-0.15, -0.1) is 0 Å². The van der Waals surface area contributed by atoms with Crippen molar-refractivity contribution in [1.82, 2.24) is 14.9 Å². The molecule has 1 aromatic rings. The van der Waals surface area contributed by atoms with Gasteiger partial charge in [-0.05, 0) is 67.5 Å². The van der Waals surface area contributed by atoms with Crippen molar-refractivity contribution >= 4 is 23.9 Å². The number of nitrogens with two attached hydrogens (primary N) is 1. The van der Waals surface area contributed by atoms with E-state index in [2.05, 4.69) is 51.0 Å². The third-order valence-electron chi connectivity index (χ3n) is 3.37. The number of rotatable bonds is 5. The molecule has 0 saturated carbocycles. The normalized spacial score (nSPS) is 15.0. The van der Waals surface area contributed by atoms with E-state index in [-0.39, 0.29) is 11.1 Å². The van der Waals surface area contributed by atoms with Crippen molar-refractivity contribution in [2.75, 3.05) is 36.1 Å². The SMILES string of the molecule is CC(C)(C)Nc1ncc(N)c(NCN2CCCC2)n1.CC(C)(C)OC=O. The van der Waals surface area contributed by atoms with Crippen LogP contribution in [0.4, 0.5) is 17.5 Å². The minimum Gasteiger partial charge on any atom is -0.462 e. The first-order chi connectivity index (χ1) is 12.0. The molecule has 0 radical (unpaired) electrons. The van der Waals surface area contributed by atoms with E-state index in [4.69, 9.17) is 5.73 Å². The van der Waals surface area contributed by atoms with Gasteiger partial charge in [0.25, 0.3) is 6.47 Å². The van der Waals surface area contributed by atoms with E-state index in [1.165, 1.54) is 12.8 Å².